The minimum atomic E-state index is -0.372. The Morgan fingerprint density at radius 3 is 2.50 bits per heavy atom. The lowest BCUT2D eigenvalue weighted by atomic mass is 10.2. The molecule has 2 amide bonds. The number of anilines is 1. The lowest BCUT2D eigenvalue weighted by Gasteiger charge is -2.15. The van der Waals surface area contributed by atoms with Gasteiger partial charge in [-0.2, -0.15) is 0 Å². The van der Waals surface area contributed by atoms with E-state index in [1.807, 2.05) is 37.5 Å². The summed E-state index contributed by atoms with van der Waals surface area (Å²) in [6, 6.07) is 11.7. The Labute approximate surface area is 200 Å². The molecule has 7 nitrogen and oxygen atoms in total. The highest BCUT2D eigenvalue weighted by Gasteiger charge is 2.20. The second kappa shape index (κ2) is 10.8. The number of nitrogens with one attached hydrogen (secondary N) is 2. The van der Waals surface area contributed by atoms with Crippen molar-refractivity contribution in [1.82, 2.24) is 20.1 Å². The Bertz CT molecular complexity index is 1120. The molecule has 32 heavy (non-hydrogen) atoms. The molecule has 0 saturated carbocycles. The van der Waals surface area contributed by atoms with Crippen LogP contribution in [0.25, 0.3) is 0 Å². The van der Waals surface area contributed by atoms with Crippen molar-refractivity contribution >= 4 is 52.5 Å². The van der Waals surface area contributed by atoms with Crippen LogP contribution in [-0.2, 0) is 11.3 Å². The maximum atomic E-state index is 12.5. The Morgan fingerprint density at radius 2 is 1.84 bits per heavy atom. The number of carbonyl (C=O) groups excluding carboxylic acids is 2. The van der Waals surface area contributed by atoms with Crippen LogP contribution in [0.4, 0.5) is 5.69 Å². The highest BCUT2D eigenvalue weighted by atomic mass is 35.5. The van der Waals surface area contributed by atoms with E-state index in [0.29, 0.717) is 38.8 Å². The summed E-state index contributed by atoms with van der Waals surface area (Å²) in [5.41, 5.74) is 2.09. The van der Waals surface area contributed by atoms with Crippen molar-refractivity contribution in [3.63, 3.8) is 0 Å². The normalized spacial score (nSPS) is 11.8. The van der Waals surface area contributed by atoms with Crippen molar-refractivity contribution in [2.24, 2.45) is 0 Å². The Balaban J connectivity index is 1.62. The molecule has 1 heterocycles. The summed E-state index contributed by atoms with van der Waals surface area (Å²) in [5.74, 6) is 0.370. The highest BCUT2D eigenvalue weighted by molar-refractivity contribution is 7.99. The molecule has 1 aromatic heterocycles. The van der Waals surface area contributed by atoms with E-state index in [2.05, 4.69) is 20.8 Å². The van der Waals surface area contributed by atoms with Crippen LogP contribution in [0.5, 0.6) is 0 Å². The average molecular weight is 492 g/mol. The third-order valence-electron chi connectivity index (χ3n) is 4.69. The quantitative estimate of drug-likeness (QED) is 0.426. The van der Waals surface area contributed by atoms with Gasteiger partial charge in [0, 0.05) is 27.8 Å². The zero-order chi connectivity index (χ0) is 23.3. The van der Waals surface area contributed by atoms with Crippen LogP contribution < -0.4 is 10.6 Å². The average Bonchev–Trinajstić information content (AvgIpc) is 3.18. The summed E-state index contributed by atoms with van der Waals surface area (Å²) in [5, 5.41) is 16.0. The Morgan fingerprint density at radius 1 is 1.12 bits per heavy atom. The number of aryl methyl sites for hydroxylation is 1. The second-order valence-corrected chi connectivity index (χ2v) is 8.87. The van der Waals surface area contributed by atoms with Crippen molar-refractivity contribution < 1.29 is 9.59 Å². The van der Waals surface area contributed by atoms with Gasteiger partial charge in [-0.1, -0.05) is 41.0 Å². The summed E-state index contributed by atoms with van der Waals surface area (Å²) >= 11 is 13.3. The second-order valence-electron chi connectivity index (χ2n) is 7.09. The standard InChI is InChI=1S/C22H23Cl2N5O2S/c1-4-29-20(14(3)25-21(31)15-6-8-16(23)9-7-15)27-28-22(29)32-12-19(30)26-17-10-5-13(2)18(24)11-17/h5-11,14H,4,12H2,1-3H3,(H,25,31)(H,26,30)/t14-/m1/s1. The topological polar surface area (TPSA) is 88.9 Å². The van der Waals surface area contributed by atoms with Crippen LogP contribution in [0.1, 0.15) is 41.6 Å². The fourth-order valence-corrected chi connectivity index (χ4v) is 4.08. The summed E-state index contributed by atoms with van der Waals surface area (Å²) < 4.78 is 1.88. The van der Waals surface area contributed by atoms with Crippen molar-refractivity contribution in [3.05, 3.63) is 69.5 Å². The lowest BCUT2D eigenvalue weighted by molar-refractivity contribution is -0.113. The maximum absolute atomic E-state index is 12.5. The molecule has 3 rings (SSSR count). The summed E-state index contributed by atoms with van der Waals surface area (Å²) in [7, 11) is 0. The number of hydrogen-bond acceptors (Lipinski definition) is 5. The number of nitrogens with zero attached hydrogens (tertiary/aromatic N) is 3. The van der Waals surface area contributed by atoms with Gasteiger partial charge in [0.2, 0.25) is 5.91 Å². The van der Waals surface area contributed by atoms with E-state index < -0.39 is 0 Å². The Hall–Kier alpha value is -2.55. The van der Waals surface area contributed by atoms with E-state index in [-0.39, 0.29) is 23.6 Å². The predicted octanol–water partition coefficient (Wildman–Crippen LogP) is 5.14. The minimum absolute atomic E-state index is 0.162. The molecule has 1 atom stereocenters. The fourth-order valence-electron chi connectivity index (χ4n) is 2.97. The van der Waals surface area contributed by atoms with E-state index in [9.17, 15) is 9.59 Å². The van der Waals surface area contributed by atoms with Crippen LogP contribution >= 0.6 is 35.0 Å². The van der Waals surface area contributed by atoms with Gasteiger partial charge in [0.15, 0.2) is 11.0 Å². The molecular weight excluding hydrogens is 469 g/mol. The molecule has 168 valence electrons. The molecule has 0 unspecified atom stereocenters. The van der Waals surface area contributed by atoms with E-state index in [1.54, 1.807) is 30.3 Å². The van der Waals surface area contributed by atoms with Crippen molar-refractivity contribution in [2.75, 3.05) is 11.1 Å². The van der Waals surface area contributed by atoms with Gasteiger partial charge in [-0.15, -0.1) is 10.2 Å². The first-order valence-corrected chi connectivity index (χ1v) is 11.7. The van der Waals surface area contributed by atoms with E-state index in [0.717, 1.165) is 5.56 Å². The third kappa shape index (κ3) is 6.03. The van der Waals surface area contributed by atoms with E-state index in [1.165, 1.54) is 11.8 Å². The predicted molar refractivity (Wildman–Crippen MR) is 129 cm³/mol. The summed E-state index contributed by atoms with van der Waals surface area (Å²) in [6.45, 7) is 6.30. The highest BCUT2D eigenvalue weighted by Crippen LogP contribution is 2.23. The van der Waals surface area contributed by atoms with Gasteiger partial charge in [0.1, 0.15) is 0 Å². The number of rotatable bonds is 8. The lowest BCUT2D eigenvalue weighted by Crippen LogP contribution is -2.28. The van der Waals surface area contributed by atoms with Crippen molar-refractivity contribution in [3.8, 4) is 0 Å². The minimum Gasteiger partial charge on any atom is -0.342 e. The van der Waals surface area contributed by atoms with E-state index in [4.69, 9.17) is 23.2 Å². The molecule has 2 N–H and O–H groups in total. The number of halogens is 2. The van der Waals surface area contributed by atoms with Crippen LogP contribution in [-0.4, -0.2) is 32.3 Å². The first-order chi connectivity index (χ1) is 15.3. The zero-order valence-electron chi connectivity index (χ0n) is 17.9. The van der Waals surface area contributed by atoms with Crippen molar-refractivity contribution in [1.29, 1.82) is 0 Å². The maximum Gasteiger partial charge on any atom is 0.251 e. The molecule has 0 bridgehead atoms. The number of hydrogen-bond donors (Lipinski definition) is 2. The molecule has 0 spiro atoms. The fraction of sp³-hybridized carbons (Fsp3) is 0.273. The number of carbonyl (C=O) groups is 2. The number of aromatic nitrogens is 3. The van der Waals surface area contributed by atoms with Gasteiger partial charge in [-0.05, 0) is 62.7 Å². The molecule has 10 heteroatoms. The number of benzene rings is 2. The monoisotopic (exact) mass is 491 g/mol. The van der Waals surface area contributed by atoms with Gasteiger partial charge in [-0.3, -0.25) is 9.59 Å². The molecule has 0 radical (unpaired) electrons. The molecule has 2 aromatic carbocycles. The smallest absolute Gasteiger partial charge is 0.251 e. The molecule has 0 aliphatic carbocycles. The van der Waals surface area contributed by atoms with Gasteiger partial charge >= 0.3 is 0 Å². The van der Waals surface area contributed by atoms with Gasteiger partial charge in [0.25, 0.3) is 5.91 Å². The Kier molecular flexibility index (Phi) is 8.17. The third-order valence-corrected chi connectivity index (χ3v) is 6.32. The first kappa shape index (κ1) is 24.1. The van der Waals surface area contributed by atoms with Gasteiger partial charge < -0.3 is 15.2 Å². The van der Waals surface area contributed by atoms with Crippen LogP contribution in [0.3, 0.4) is 0 Å². The first-order valence-electron chi connectivity index (χ1n) is 9.96. The van der Waals surface area contributed by atoms with Crippen LogP contribution in [0.2, 0.25) is 10.0 Å². The number of thioether (sulfide) groups is 1. The number of amides is 2. The molecular formula is C22H23Cl2N5O2S. The SMILES string of the molecule is CCn1c(SCC(=O)Nc2ccc(C)c(Cl)c2)nnc1[C@@H](C)NC(=O)c1ccc(Cl)cc1. The van der Waals surface area contributed by atoms with Crippen molar-refractivity contribution in [2.45, 2.75) is 38.5 Å². The van der Waals surface area contributed by atoms with Gasteiger partial charge in [0.05, 0.1) is 11.8 Å². The molecule has 0 aliphatic heterocycles. The molecule has 3 aromatic rings. The largest absolute Gasteiger partial charge is 0.342 e. The molecule has 0 fully saturated rings. The summed E-state index contributed by atoms with van der Waals surface area (Å²) in [4.78, 5) is 24.9. The summed E-state index contributed by atoms with van der Waals surface area (Å²) in [6.07, 6.45) is 0. The van der Waals surface area contributed by atoms with Gasteiger partial charge in [-0.25, -0.2) is 0 Å². The van der Waals surface area contributed by atoms with Crippen LogP contribution in [0, 0.1) is 6.92 Å². The zero-order valence-corrected chi connectivity index (χ0v) is 20.2. The molecule has 0 aliphatic rings. The van der Waals surface area contributed by atoms with Crippen LogP contribution in [0.15, 0.2) is 47.6 Å². The van der Waals surface area contributed by atoms with E-state index >= 15 is 0 Å². The molecule has 0 saturated heterocycles.